The molecule has 0 aliphatic carbocycles. The number of hydrogen-bond donors (Lipinski definition) is 2. The number of aromatic amines is 1. The third-order valence-electron chi connectivity index (χ3n) is 2.24. The van der Waals surface area contributed by atoms with Crippen LogP contribution in [0.5, 0.6) is 5.75 Å². The molecule has 0 aliphatic heterocycles. The zero-order chi connectivity index (χ0) is 12.3. The van der Waals surface area contributed by atoms with Gasteiger partial charge in [0, 0.05) is 12.6 Å². The maximum atomic E-state index is 9.11. The Kier molecular flexibility index (Phi) is 3.66. The van der Waals surface area contributed by atoms with Crippen molar-refractivity contribution >= 4 is 11.6 Å². The Hall–Kier alpha value is -1.52. The zero-order valence-corrected chi connectivity index (χ0v) is 10.1. The smallest absolute Gasteiger partial charge is 0.194 e. The monoisotopic (exact) mass is 252 g/mol. The third-order valence-corrected chi connectivity index (χ3v) is 2.53. The van der Waals surface area contributed by atoms with Gasteiger partial charge in [-0.05, 0) is 30.7 Å². The summed E-state index contributed by atoms with van der Waals surface area (Å²) in [4.78, 5) is 0. The first-order valence-electron chi connectivity index (χ1n) is 5.27. The van der Waals surface area contributed by atoms with Crippen LogP contribution in [-0.2, 0) is 6.42 Å². The molecule has 0 spiro atoms. The van der Waals surface area contributed by atoms with Crippen LogP contribution in [0.15, 0.2) is 30.5 Å². The average Bonchev–Trinajstić information content (AvgIpc) is 2.74. The van der Waals surface area contributed by atoms with E-state index in [1.807, 2.05) is 18.2 Å². The SMILES string of the molecule is CC(O)Oc1ccc(Cc2cc[nH]n2)cc1Cl. The lowest BCUT2D eigenvalue weighted by Gasteiger charge is -2.11. The van der Waals surface area contributed by atoms with Gasteiger partial charge in [0.1, 0.15) is 5.75 Å². The highest BCUT2D eigenvalue weighted by Crippen LogP contribution is 2.26. The molecule has 17 heavy (non-hydrogen) atoms. The Labute approximate surface area is 104 Å². The molecule has 90 valence electrons. The van der Waals surface area contributed by atoms with Crippen molar-refractivity contribution in [1.82, 2.24) is 10.2 Å². The Morgan fingerprint density at radius 1 is 1.47 bits per heavy atom. The molecule has 1 atom stereocenters. The van der Waals surface area contributed by atoms with E-state index in [1.54, 1.807) is 12.3 Å². The second kappa shape index (κ2) is 5.21. The van der Waals surface area contributed by atoms with E-state index in [0.29, 0.717) is 17.2 Å². The number of rotatable bonds is 4. The van der Waals surface area contributed by atoms with Gasteiger partial charge in [0.25, 0.3) is 0 Å². The van der Waals surface area contributed by atoms with E-state index in [0.717, 1.165) is 11.3 Å². The molecule has 2 aromatic rings. The molecular weight excluding hydrogens is 240 g/mol. The summed E-state index contributed by atoms with van der Waals surface area (Å²) in [6, 6.07) is 7.37. The number of aliphatic hydroxyl groups excluding tert-OH is 1. The number of hydrogen-bond acceptors (Lipinski definition) is 3. The van der Waals surface area contributed by atoms with Crippen LogP contribution in [0.3, 0.4) is 0 Å². The molecule has 0 fully saturated rings. The van der Waals surface area contributed by atoms with Crippen molar-refractivity contribution in [3.8, 4) is 5.75 Å². The van der Waals surface area contributed by atoms with Crippen LogP contribution in [0, 0.1) is 0 Å². The number of aromatic nitrogens is 2. The topological polar surface area (TPSA) is 58.1 Å². The first-order chi connectivity index (χ1) is 8.15. The lowest BCUT2D eigenvalue weighted by atomic mass is 10.1. The summed E-state index contributed by atoms with van der Waals surface area (Å²) in [5.41, 5.74) is 1.99. The van der Waals surface area contributed by atoms with Crippen molar-refractivity contribution in [2.24, 2.45) is 0 Å². The molecular formula is C12H13ClN2O2. The van der Waals surface area contributed by atoms with Crippen molar-refractivity contribution in [2.75, 3.05) is 0 Å². The molecule has 1 aromatic carbocycles. The molecule has 2 N–H and O–H groups in total. The van der Waals surface area contributed by atoms with Gasteiger partial charge in [-0.25, -0.2) is 0 Å². The second-order valence-electron chi connectivity index (χ2n) is 3.72. The fourth-order valence-corrected chi connectivity index (χ4v) is 1.78. The molecule has 1 unspecified atom stereocenters. The maximum absolute atomic E-state index is 9.11. The number of benzene rings is 1. The number of nitrogens with one attached hydrogen (secondary N) is 1. The minimum Gasteiger partial charge on any atom is -0.464 e. The Morgan fingerprint density at radius 3 is 2.88 bits per heavy atom. The molecule has 2 rings (SSSR count). The summed E-state index contributed by atoms with van der Waals surface area (Å²) < 4.78 is 5.14. The summed E-state index contributed by atoms with van der Waals surface area (Å²) in [7, 11) is 0. The lowest BCUT2D eigenvalue weighted by molar-refractivity contribution is -0.000235. The number of nitrogens with zero attached hydrogens (tertiary/aromatic N) is 1. The zero-order valence-electron chi connectivity index (χ0n) is 9.35. The average molecular weight is 253 g/mol. The Bertz CT molecular complexity index is 483. The van der Waals surface area contributed by atoms with Crippen molar-refractivity contribution in [3.05, 3.63) is 46.7 Å². The van der Waals surface area contributed by atoms with E-state index in [9.17, 15) is 0 Å². The van der Waals surface area contributed by atoms with E-state index >= 15 is 0 Å². The van der Waals surface area contributed by atoms with E-state index in [-0.39, 0.29) is 0 Å². The van der Waals surface area contributed by atoms with Gasteiger partial charge in [0.15, 0.2) is 6.29 Å². The summed E-state index contributed by atoms with van der Waals surface area (Å²) in [6.07, 6.45) is 1.62. The summed E-state index contributed by atoms with van der Waals surface area (Å²) in [5, 5.41) is 16.4. The lowest BCUT2D eigenvalue weighted by Crippen LogP contribution is -2.09. The van der Waals surface area contributed by atoms with Crippen LogP contribution in [0.25, 0.3) is 0 Å². The van der Waals surface area contributed by atoms with Gasteiger partial charge in [0.2, 0.25) is 0 Å². The molecule has 0 aliphatic rings. The fraction of sp³-hybridized carbons (Fsp3) is 0.250. The molecule has 0 saturated heterocycles. The molecule has 0 radical (unpaired) electrons. The van der Waals surface area contributed by atoms with Crippen molar-refractivity contribution < 1.29 is 9.84 Å². The Morgan fingerprint density at radius 2 is 2.29 bits per heavy atom. The Balaban J connectivity index is 2.13. The van der Waals surface area contributed by atoms with Gasteiger partial charge < -0.3 is 9.84 Å². The van der Waals surface area contributed by atoms with Crippen LogP contribution in [0.4, 0.5) is 0 Å². The number of H-pyrrole nitrogens is 1. The predicted octanol–water partition coefficient (Wildman–Crippen LogP) is 2.37. The van der Waals surface area contributed by atoms with Gasteiger partial charge >= 0.3 is 0 Å². The van der Waals surface area contributed by atoms with Crippen LogP contribution in [-0.4, -0.2) is 21.6 Å². The predicted molar refractivity (Wildman–Crippen MR) is 65.2 cm³/mol. The minimum atomic E-state index is -0.871. The standard InChI is InChI=1S/C12H13ClN2O2/c1-8(16)17-12-3-2-9(7-11(12)13)6-10-4-5-14-15-10/h2-5,7-8,16H,6H2,1H3,(H,14,15). The van der Waals surface area contributed by atoms with Gasteiger partial charge in [-0.15, -0.1) is 0 Å². The molecule has 4 nitrogen and oxygen atoms in total. The number of ether oxygens (including phenoxy) is 1. The summed E-state index contributed by atoms with van der Waals surface area (Å²) in [6.45, 7) is 1.54. The molecule has 0 amide bonds. The molecule has 0 bridgehead atoms. The number of aliphatic hydroxyl groups is 1. The van der Waals surface area contributed by atoms with Crippen molar-refractivity contribution in [3.63, 3.8) is 0 Å². The molecule has 1 heterocycles. The van der Waals surface area contributed by atoms with E-state index in [2.05, 4.69) is 10.2 Å². The highest BCUT2D eigenvalue weighted by atomic mass is 35.5. The summed E-state index contributed by atoms with van der Waals surface area (Å²) in [5.74, 6) is 0.479. The molecule has 0 saturated carbocycles. The number of halogens is 1. The first kappa shape index (κ1) is 12.0. The third kappa shape index (κ3) is 3.22. The van der Waals surface area contributed by atoms with Crippen molar-refractivity contribution in [2.45, 2.75) is 19.6 Å². The quantitative estimate of drug-likeness (QED) is 0.822. The van der Waals surface area contributed by atoms with Crippen molar-refractivity contribution in [1.29, 1.82) is 0 Å². The first-order valence-corrected chi connectivity index (χ1v) is 5.65. The molecule has 1 aromatic heterocycles. The normalized spacial score (nSPS) is 12.4. The van der Waals surface area contributed by atoms with Gasteiger partial charge in [-0.3, -0.25) is 5.10 Å². The van der Waals surface area contributed by atoms with E-state index in [1.165, 1.54) is 6.92 Å². The van der Waals surface area contributed by atoms with Crippen LogP contribution >= 0.6 is 11.6 Å². The highest BCUT2D eigenvalue weighted by molar-refractivity contribution is 6.32. The second-order valence-corrected chi connectivity index (χ2v) is 4.13. The highest BCUT2D eigenvalue weighted by Gasteiger charge is 2.06. The van der Waals surface area contributed by atoms with Crippen LogP contribution in [0.1, 0.15) is 18.2 Å². The van der Waals surface area contributed by atoms with E-state index < -0.39 is 6.29 Å². The summed E-state index contributed by atoms with van der Waals surface area (Å²) >= 11 is 6.05. The van der Waals surface area contributed by atoms with Crippen LogP contribution in [0.2, 0.25) is 5.02 Å². The molecule has 5 heteroatoms. The minimum absolute atomic E-state index is 0.479. The fourth-order valence-electron chi connectivity index (χ4n) is 1.53. The van der Waals surface area contributed by atoms with Gasteiger partial charge in [0.05, 0.1) is 10.7 Å². The van der Waals surface area contributed by atoms with Gasteiger partial charge in [-0.1, -0.05) is 17.7 Å². The van der Waals surface area contributed by atoms with Crippen LogP contribution < -0.4 is 4.74 Å². The largest absolute Gasteiger partial charge is 0.464 e. The van der Waals surface area contributed by atoms with E-state index in [4.69, 9.17) is 21.4 Å². The van der Waals surface area contributed by atoms with Gasteiger partial charge in [-0.2, -0.15) is 5.10 Å². The maximum Gasteiger partial charge on any atom is 0.194 e.